The highest BCUT2D eigenvalue weighted by atomic mass is 14.9. The van der Waals surface area contributed by atoms with E-state index in [1.807, 2.05) is 19.1 Å². The minimum Gasteiger partial charge on any atom is -0.296 e. The lowest BCUT2D eigenvalue weighted by atomic mass is 10.0. The number of hydrogen-bond donors (Lipinski definition) is 1. The zero-order chi connectivity index (χ0) is 10.6. The summed E-state index contributed by atoms with van der Waals surface area (Å²) >= 11 is 0. The Bertz CT molecular complexity index is 338. The van der Waals surface area contributed by atoms with Crippen molar-refractivity contribution in [3.63, 3.8) is 0 Å². The van der Waals surface area contributed by atoms with Gasteiger partial charge in [-0.1, -0.05) is 24.3 Å². The second kappa shape index (κ2) is 4.78. The van der Waals surface area contributed by atoms with Crippen LogP contribution in [0.25, 0.3) is 0 Å². The summed E-state index contributed by atoms with van der Waals surface area (Å²) in [5, 5.41) is 11.9. The molecule has 1 unspecified atom stereocenters. The molecule has 74 valence electrons. The highest BCUT2D eigenvalue weighted by molar-refractivity contribution is 5.28. The fourth-order valence-corrected chi connectivity index (χ4v) is 1.57. The first-order valence-corrected chi connectivity index (χ1v) is 4.86. The zero-order valence-corrected chi connectivity index (χ0v) is 8.91. The summed E-state index contributed by atoms with van der Waals surface area (Å²) in [6, 6.07) is 10.5. The maximum Gasteiger partial charge on any atom is 0.0929 e. The lowest BCUT2D eigenvalue weighted by Crippen LogP contribution is -2.27. The smallest absolute Gasteiger partial charge is 0.0929 e. The molecule has 0 saturated heterocycles. The Labute approximate surface area is 85.6 Å². The van der Waals surface area contributed by atoms with Crippen molar-refractivity contribution in [2.24, 2.45) is 0 Å². The van der Waals surface area contributed by atoms with Gasteiger partial charge in [-0.15, -0.1) is 0 Å². The maximum absolute atomic E-state index is 8.69. The van der Waals surface area contributed by atoms with Crippen LogP contribution in [-0.4, -0.2) is 6.04 Å². The molecule has 1 N–H and O–H groups in total. The van der Waals surface area contributed by atoms with E-state index in [-0.39, 0.29) is 12.1 Å². The molecule has 0 bridgehead atoms. The molecule has 0 spiro atoms. The lowest BCUT2D eigenvalue weighted by molar-refractivity contribution is 0.541. The quantitative estimate of drug-likeness (QED) is 0.791. The number of rotatable bonds is 3. The topological polar surface area (TPSA) is 35.8 Å². The molecule has 0 amide bonds. The Morgan fingerprint density at radius 3 is 2.50 bits per heavy atom. The number of nitrogens with zero attached hydrogens (tertiary/aromatic N) is 1. The highest BCUT2D eigenvalue weighted by Gasteiger charge is 2.09. The first-order chi connectivity index (χ1) is 6.65. The largest absolute Gasteiger partial charge is 0.296 e. The second-order valence-electron chi connectivity index (χ2n) is 3.60. The number of aryl methyl sites for hydroxylation is 1. The SMILES string of the molecule is Cc1ccccc1[C@H](C)NC(C)C#N. The third-order valence-electron chi connectivity index (χ3n) is 2.35. The number of benzene rings is 1. The van der Waals surface area contributed by atoms with E-state index in [2.05, 4.69) is 37.4 Å². The predicted octanol–water partition coefficient (Wildman–Crippen LogP) is 2.56. The van der Waals surface area contributed by atoms with Crippen molar-refractivity contribution < 1.29 is 0 Å². The van der Waals surface area contributed by atoms with Crippen LogP contribution in [0.3, 0.4) is 0 Å². The van der Waals surface area contributed by atoms with Crippen molar-refractivity contribution in [1.29, 1.82) is 5.26 Å². The van der Waals surface area contributed by atoms with Gasteiger partial charge in [0.05, 0.1) is 12.1 Å². The Morgan fingerprint density at radius 2 is 1.93 bits per heavy atom. The third-order valence-corrected chi connectivity index (χ3v) is 2.35. The highest BCUT2D eigenvalue weighted by Crippen LogP contribution is 2.16. The van der Waals surface area contributed by atoms with E-state index >= 15 is 0 Å². The van der Waals surface area contributed by atoms with E-state index < -0.39 is 0 Å². The molecule has 0 aliphatic heterocycles. The van der Waals surface area contributed by atoms with Gasteiger partial charge in [0.25, 0.3) is 0 Å². The van der Waals surface area contributed by atoms with E-state index in [4.69, 9.17) is 5.26 Å². The van der Waals surface area contributed by atoms with E-state index in [1.54, 1.807) is 0 Å². The van der Waals surface area contributed by atoms with Crippen molar-refractivity contribution in [2.45, 2.75) is 32.9 Å². The van der Waals surface area contributed by atoms with Crippen molar-refractivity contribution in [1.82, 2.24) is 5.32 Å². The molecular weight excluding hydrogens is 172 g/mol. The van der Waals surface area contributed by atoms with Gasteiger partial charge in [0, 0.05) is 6.04 Å². The molecule has 14 heavy (non-hydrogen) atoms. The molecule has 1 rings (SSSR count). The van der Waals surface area contributed by atoms with Crippen LogP contribution in [-0.2, 0) is 0 Å². The molecular formula is C12H16N2. The molecule has 0 aromatic heterocycles. The fraction of sp³-hybridized carbons (Fsp3) is 0.417. The molecule has 0 radical (unpaired) electrons. The Morgan fingerprint density at radius 1 is 1.29 bits per heavy atom. The third kappa shape index (κ3) is 2.58. The van der Waals surface area contributed by atoms with Gasteiger partial charge in [0.1, 0.15) is 0 Å². The van der Waals surface area contributed by atoms with Crippen LogP contribution in [0.1, 0.15) is 31.0 Å². The molecule has 1 aromatic carbocycles. The van der Waals surface area contributed by atoms with Crippen LogP contribution in [0, 0.1) is 18.3 Å². The minimum atomic E-state index is -0.107. The predicted molar refractivity (Wildman–Crippen MR) is 57.8 cm³/mol. The molecule has 0 aliphatic rings. The monoisotopic (exact) mass is 188 g/mol. The van der Waals surface area contributed by atoms with Gasteiger partial charge < -0.3 is 0 Å². The van der Waals surface area contributed by atoms with Crippen LogP contribution in [0.5, 0.6) is 0 Å². The van der Waals surface area contributed by atoms with Gasteiger partial charge >= 0.3 is 0 Å². The van der Waals surface area contributed by atoms with Gasteiger partial charge in [-0.3, -0.25) is 5.32 Å². The molecule has 2 nitrogen and oxygen atoms in total. The Hall–Kier alpha value is -1.33. The summed E-state index contributed by atoms with van der Waals surface area (Å²) in [7, 11) is 0. The maximum atomic E-state index is 8.69. The molecule has 0 aliphatic carbocycles. The van der Waals surface area contributed by atoms with Crippen molar-refractivity contribution in [3.8, 4) is 6.07 Å². The van der Waals surface area contributed by atoms with Crippen LogP contribution in [0.15, 0.2) is 24.3 Å². The Balaban J connectivity index is 2.75. The van der Waals surface area contributed by atoms with Crippen LogP contribution >= 0.6 is 0 Å². The summed E-state index contributed by atoms with van der Waals surface area (Å²) in [5.74, 6) is 0. The van der Waals surface area contributed by atoms with E-state index in [9.17, 15) is 0 Å². The van der Waals surface area contributed by atoms with Crippen molar-refractivity contribution in [2.75, 3.05) is 0 Å². The van der Waals surface area contributed by atoms with E-state index in [0.717, 1.165) is 0 Å². The van der Waals surface area contributed by atoms with Gasteiger partial charge in [0.15, 0.2) is 0 Å². The average Bonchev–Trinajstić information content (AvgIpc) is 2.18. The number of hydrogen-bond acceptors (Lipinski definition) is 2. The summed E-state index contributed by atoms with van der Waals surface area (Å²) < 4.78 is 0. The average molecular weight is 188 g/mol. The molecule has 0 fully saturated rings. The summed E-state index contributed by atoms with van der Waals surface area (Å²) in [4.78, 5) is 0. The standard InChI is InChI=1S/C12H16N2/c1-9-6-4-5-7-12(9)11(3)14-10(2)8-13/h4-7,10-11,14H,1-3H3/t10?,11-/m0/s1. The van der Waals surface area contributed by atoms with E-state index in [0.29, 0.717) is 0 Å². The summed E-state index contributed by atoms with van der Waals surface area (Å²) in [6.45, 7) is 6.04. The Kier molecular flexibility index (Phi) is 3.67. The van der Waals surface area contributed by atoms with E-state index in [1.165, 1.54) is 11.1 Å². The van der Waals surface area contributed by atoms with Crippen molar-refractivity contribution in [3.05, 3.63) is 35.4 Å². The molecule has 2 atom stereocenters. The summed E-state index contributed by atoms with van der Waals surface area (Å²) in [5.41, 5.74) is 2.52. The number of nitrogens with one attached hydrogen (secondary N) is 1. The minimum absolute atomic E-state index is 0.107. The summed E-state index contributed by atoms with van der Waals surface area (Å²) in [6.07, 6.45) is 0. The molecule has 1 aromatic rings. The van der Waals surface area contributed by atoms with Gasteiger partial charge in [-0.05, 0) is 31.9 Å². The van der Waals surface area contributed by atoms with Gasteiger partial charge in [-0.2, -0.15) is 5.26 Å². The van der Waals surface area contributed by atoms with Crippen molar-refractivity contribution >= 4 is 0 Å². The van der Waals surface area contributed by atoms with Crippen LogP contribution < -0.4 is 5.32 Å². The molecule has 0 heterocycles. The van der Waals surface area contributed by atoms with Crippen LogP contribution in [0.2, 0.25) is 0 Å². The number of nitriles is 1. The fourth-order valence-electron chi connectivity index (χ4n) is 1.57. The first-order valence-electron chi connectivity index (χ1n) is 4.86. The second-order valence-corrected chi connectivity index (χ2v) is 3.60. The van der Waals surface area contributed by atoms with Gasteiger partial charge in [0.2, 0.25) is 0 Å². The van der Waals surface area contributed by atoms with Crippen LogP contribution in [0.4, 0.5) is 0 Å². The molecule has 2 heteroatoms. The van der Waals surface area contributed by atoms with Gasteiger partial charge in [-0.25, -0.2) is 0 Å². The normalized spacial score (nSPS) is 14.4. The molecule has 0 saturated carbocycles. The first kappa shape index (κ1) is 10.7. The lowest BCUT2D eigenvalue weighted by Gasteiger charge is -2.17. The zero-order valence-electron chi connectivity index (χ0n) is 8.91.